The number of amides is 1. The van der Waals surface area contributed by atoms with Gasteiger partial charge in [0.25, 0.3) is 0 Å². The van der Waals surface area contributed by atoms with Crippen LogP contribution in [0.2, 0.25) is 0 Å². The average molecular weight is 373 g/mol. The van der Waals surface area contributed by atoms with Gasteiger partial charge in [-0.3, -0.25) is 4.79 Å². The molecule has 3 nitrogen and oxygen atoms in total. The van der Waals surface area contributed by atoms with Crippen LogP contribution in [0.1, 0.15) is 49.3 Å². The summed E-state index contributed by atoms with van der Waals surface area (Å²) in [6.45, 7) is 3.90. The summed E-state index contributed by atoms with van der Waals surface area (Å²) in [6, 6.07) is 20.4. The number of hydrogen-bond donors (Lipinski definition) is 1. The van der Waals surface area contributed by atoms with Crippen LogP contribution < -0.4 is 5.73 Å². The Kier molecular flexibility index (Phi) is 7.67. The standard InChI is InChI=1S/C22H28N2O.ClH/c1-2-17-16-24(14-13-20(17)18-9-5-3-6-10-18)22(25)15-21(23)19-11-7-4-8-12-19;/h3-12,17,20-21H,2,13-16,23H2,1H3;1H. The molecule has 3 atom stereocenters. The fourth-order valence-corrected chi connectivity index (χ4v) is 3.95. The van der Waals surface area contributed by atoms with Crippen LogP contribution in [0.4, 0.5) is 0 Å². The summed E-state index contributed by atoms with van der Waals surface area (Å²) in [6.07, 6.45) is 2.51. The highest BCUT2D eigenvalue weighted by Crippen LogP contribution is 2.35. The minimum atomic E-state index is -0.222. The molecule has 1 saturated heterocycles. The van der Waals surface area contributed by atoms with Crippen molar-refractivity contribution in [2.45, 2.75) is 38.1 Å². The molecule has 2 N–H and O–H groups in total. The lowest BCUT2D eigenvalue weighted by Crippen LogP contribution is -2.43. The fraction of sp³-hybridized carbons (Fsp3) is 0.409. The van der Waals surface area contributed by atoms with E-state index in [1.165, 1.54) is 5.56 Å². The first kappa shape index (κ1) is 20.5. The van der Waals surface area contributed by atoms with Gasteiger partial charge in [-0.05, 0) is 29.4 Å². The molecule has 140 valence electrons. The van der Waals surface area contributed by atoms with E-state index in [1.807, 2.05) is 35.2 Å². The molecule has 1 heterocycles. The van der Waals surface area contributed by atoms with Gasteiger partial charge in [-0.25, -0.2) is 0 Å². The van der Waals surface area contributed by atoms with Crippen molar-refractivity contribution < 1.29 is 4.79 Å². The van der Waals surface area contributed by atoms with Gasteiger partial charge < -0.3 is 10.6 Å². The molecule has 0 radical (unpaired) electrons. The molecule has 0 aliphatic carbocycles. The third kappa shape index (κ3) is 4.87. The number of benzene rings is 2. The third-order valence-electron chi connectivity index (χ3n) is 5.46. The van der Waals surface area contributed by atoms with Crippen LogP contribution in [0, 0.1) is 5.92 Å². The Hall–Kier alpha value is -1.84. The Morgan fingerprint density at radius 2 is 1.73 bits per heavy atom. The van der Waals surface area contributed by atoms with Crippen molar-refractivity contribution in [3.63, 3.8) is 0 Å². The van der Waals surface area contributed by atoms with Crippen molar-refractivity contribution in [2.24, 2.45) is 11.7 Å². The minimum Gasteiger partial charge on any atom is -0.342 e. The van der Waals surface area contributed by atoms with Crippen LogP contribution in [0.25, 0.3) is 0 Å². The van der Waals surface area contributed by atoms with Crippen LogP contribution in [-0.2, 0) is 4.79 Å². The summed E-state index contributed by atoms with van der Waals surface area (Å²) in [5, 5.41) is 0. The fourth-order valence-electron chi connectivity index (χ4n) is 3.95. The molecule has 0 saturated carbocycles. The van der Waals surface area contributed by atoms with Gasteiger partial charge in [-0.1, -0.05) is 74.0 Å². The van der Waals surface area contributed by atoms with Crippen LogP contribution >= 0.6 is 12.4 Å². The maximum Gasteiger partial charge on any atom is 0.224 e. The molecule has 0 aromatic heterocycles. The molecular formula is C22H29ClN2O. The summed E-state index contributed by atoms with van der Waals surface area (Å²) in [7, 11) is 0. The molecule has 3 rings (SSSR count). The number of rotatable bonds is 5. The van der Waals surface area contributed by atoms with E-state index in [0.717, 1.165) is 31.5 Å². The molecular weight excluding hydrogens is 344 g/mol. The summed E-state index contributed by atoms with van der Waals surface area (Å²) in [5.41, 5.74) is 8.68. The van der Waals surface area contributed by atoms with Crippen molar-refractivity contribution in [1.82, 2.24) is 4.90 Å². The first-order chi connectivity index (χ1) is 12.2. The molecule has 0 spiro atoms. The second-order valence-corrected chi connectivity index (χ2v) is 7.04. The molecule has 1 fully saturated rings. The SMILES string of the molecule is CCC1CN(C(=O)CC(N)c2ccccc2)CCC1c1ccccc1.Cl. The highest BCUT2D eigenvalue weighted by molar-refractivity contribution is 5.85. The van der Waals surface area contributed by atoms with E-state index < -0.39 is 0 Å². The molecule has 2 aromatic carbocycles. The summed E-state index contributed by atoms with van der Waals surface area (Å²) >= 11 is 0. The van der Waals surface area contributed by atoms with Crippen molar-refractivity contribution in [1.29, 1.82) is 0 Å². The van der Waals surface area contributed by atoms with Gasteiger partial charge in [0.2, 0.25) is 5.91 Å². The largest absolute Gasteiger partial charge is 0.342 e. The first-order valence-corrected chi connectivity index (χ1v) is 9.32. The first-order valence-electron chi connectivity index (χ1n) is 9.32. The van der Waals surface area contributed by atoms with Gasteiger partial charge in [0.15, 0.2) is 0 Å². The van der Waals surface area contributed by atoms with Crippen LogP contribution in [0.5, 0.6) is 0 Å². The second kappa shape index (κ2) is 9.75. The lowest BCUT2D eigenvalue weighted by molar-refractivity contribution is -0.133. The van der Waals surface area contributed by atoms with Crippen molar-refractivity contribution in [2.75, 3.05) is 13.1 Å². The summed E-state index contributed by atoms with van der Waals surface area (Å²) < 4.78 is 0. The Balaban J connectivity index is 0.00000243. The summed E-state index contributed by atoms with van der Waals surface area (Å²) in [4.78, 5) is 14.8. The molecule has 1 aliphatic rings. The summed E-state index contributed by atoms with van der Waals surface area (Å²) in [5.74, 6) is 1.26. The van der Waals surface area contributed by atoms with Gasteiger partial charge in [0, 0.05) is 25.6 Å². The van der Waals surface area contributed by atoms with E-state index in [1.54, 1.807) is 0 Å². The maximum atomic E-state index is 12.7. The van der Waals surface area contributed by atoms with Crippen molar-refractivity contribution in [3.05, 3.63) is 71.8 Å². The molecule has 0 bridgehead atoms. The number of carbonyl (C=O) groups is 1. The average Bonchev–Trinajstić information content (AvgIpc) is 2.68. The monoisotopic (exact) mass is 372 g/mol. The number of hydrogen-bond acceptors (Lipinski definition) is 2. The van der Waals surface area contributed by atoms with Crippen molar-refractivity contribution >= 4 is 18.3 Å². The number of likely N-dealkylation sites (tertiary alicyclic amines) is 1. The Morgan fingerprint density at radius 3 is 2.35 bits per heavy atom. The smallest absolute Gasteiger partial charge is 0.224 e. The Morgan fingerprint density at radius 1 is 1.12 bits per heavy atom. The molecule has 1 aliphatic heterocycles. The number of nitrogens with two attached hydrogens (primary N) is 1. The van der Waals surface area contributed by atoms with E-state index in [4.69, 9.17) is 5.73 Å². The van der Waals surface area contributed by atoms with E-state index in [-0.39, 0.29) is 24.4 Å². The molecule has 26 heavy (non-hydrogen) atoms. The second-order valence-electron chi connectivity index (χ2n) is 7.04. The van der Waals surface area contributed by atoms with Gasteiger partial charge in [-0.2, -0.15) is 0 Å². The lowest BCUT2D eigenvalue weighted by Gasteiger charge is -2.39. The number of nitrogens with zero attached hydrogens (tertiary/aromatic N) is 1. The third-order valence-corrected chi connectivity index (χ3v) is 5.46. The number of halogens is 1. The van der Waals surface area contributed by atoms with E-state index >= 15 is 0 Å². The zero-order valence-corrected chi connectivity index (χ0v) is 16.2. The van der Waals surface area contributed by atoms with Crippen LogP contribution in [0.3, 0.4) is 0 Å². The van der Waals surface area contributed by atoms with Gasteiger partial charge in [0.05, 0.1) is 0 Å². The topological polar surface area (TPSA) is 46.3 Å². The molecule has 2 aromatic rings. The molecule has 3 unspecified atom stereocenters. The minimum absolute atomic E-state index is 0. The van der Waals surface area contributed by atoms with Gasteiger partial charge in [0.1, 0.15) is 0 Å². The van der Waals surface area contributed by atoms with Gasteiger partial charge >= 0.3 is 0 Å². The number of carbonyl (C=O) groups excluding carboxylic acids is 1. The highest BCUT2D eigenvalue weighted by Gasteiger charge is 2.31. The Bertz CT molecular complexity index is 677. The van der Waals surface area contributed by atoms with Crippen molar-refractivity contribution in [3.8, 4) is 0 Å². The maximum absolute atomic E-state index is 12.7. The zero-order valence-electron chi connectivity index (χ0n) is 15.4. The zero-order chi connectivity index (χ0) is 17.6. The van der Waals surface area contributed by atoms with E-state index in [2.05, 4.69) is 37.3 Å². The number of piperidine rings is 1. The predicted molar refractivity (Wildman–Crippen MR) is 109 cm³/mol. The van der Waals surface area contributed by atoms with Gasteiger partial charge in [-0.15, -0.1) is 12.4 Å². The predicted octanol–water partition coefficient (Wildman–Crippen LogP) is 4.54. The molecule has 1 amide bonds. The molecule has 4 heteroatoms. The lowest BCUT2D eigenvalue weighted by atomic mass is 9.79. The highest BCUT2D eigenvalue weighted by atomic mass is 35.5. The Labute approximate surface area is 163 Å². The van der Waals surface area contributed by atoms with Crippen LogP contribution in [-0.4, -0.2) is 23.9 Å². The van der Waals surface area contributed by atoms with E-state index in [9.17, 15) is 4.79 Å². The normalized spacial score (nSPS) is 20.9. The van der Waals surface area contributed by atoms with E-state index in [0.29, 0.717) is 18.3 Å². The quantitative estimate of drug-likeness (QED) is 0.837. The van der Waals surface area contributed by atoms with Crippen LogP contribution in [0.15, 0.2) is 60.7 Å².